The molecule has 0 aliphatic heterocycles. The predicted molar refractivity (Wildman–Crippen MR) is 127 cm³/mol. The fourth-order valence-electron chi connectivity index (χ4n) is 5.87. The average Bonchev–Trinajstić information content (AvgIpc) is 3.50. The molecule has 2 aromatic carbocycles. The summed E-state index contributed by atoms with van der Waals surface area (Å²) >= 11 is 0. The first-order chi connectivity index (χ1) is 16.1. The van der Waals surface area contributed by atoms with E-state index in [1.807, 2.05) is 30.3 Å². The van der Waals surface area contributed by atoms with E-state index < -0.39 is 0 Å². The molecule has 3 atom stereocenters. The highest BCUT2D eigenvalue weighted by molar-refractivity contribution is 5.93. The number of carbonyl (C=O) groups excluding carboxylic acids is 1. The van der Waals surface area contributed by atoms with Crippen molar-refractivity contribution in [3.05, 3.63) is 95.3 Å². The van der Waals surface area contributed by atoms with E-state index >= 15 is 0 Å². The third-order valence-electron chi connectivity index (χ3n) is 7.54. The quantitative estimate of drug-likeness (QED) is 0.460. The summed E-state index contributed by atoms with van der Waals surface area (Å²) in [7, 11) is 3.13. The maximum absolute atomic E-state index is 12.5. The molecule has 1 heterocycles. The number of hydroxylamine groups is 2. The van der Waals surface area contributed by atoms with E-state index in [4.69, 9.17) is 9.57 Å². The molecule has 1 amide bonds. The van der Waals surface area contributed by atoms with Crippen LogP contribution in [0.4, 0.5) is 0 Å². The van der Waals surface area contributed by atoms with Crippen LogP contribution in [0.1, 0.15) is 52.9 Å². The van der Waals surface area contributed by atoms with Crippen molar-refractivity contribution in [2.75, 3.05) is 14.2 Å². The maximum atomic E-state index is 12.5. The number of pyridine rings is 1. The number of amides is 1. The van der Waals surface area contributed by atoms with Crippen molar-refractivity contribution in [3.63, 3.8) is 0 Å². The maximum Gasteiger partial charge on any atom is 0.277 e. The third kappa shape index (κ3) is 4.02. The second-order valence-corrected chi connectivity index (χ2v) is 9.25. The molecular formula is C28H30N2O3. The SMILES string of the molecule is CON(C)C(=O)c1ccc(C2(c3ccc(OCc4ccccn4)cc3)CC3CCC2C3)cc1. The zero-order valence-electron chi connectivity index (χ0n) is 19.2. The van der Waals surface area contributed by atoms with Crippen LogP contribution in [0, 0.1) is 11.8 Å². The zero-order valence-corrected chi connectivity index (χ0v) is 19.2. The van der Waals surface area contributed by atoms with Crippen LogP contribution in [0.3, 0.4) is 0 Å². The monoisotopic (exact) mass is 442 g/mol. The number of aromatic nitrogens is 1. The Morgan fingerprint density at radius 3 is 2.33 bits per heavy atom. The van der Waals surface area contributed by atoms with Crippen LogP contribution in [0.25, 0.3) is 0 Å². The van der Waals surface area contributed by atoms with E-state index in [1.54, 1.807) is 13.2 Å². The largest absolute Gasteiger partial charge is 0.487 e. The minimum absolute atomic E-state index is 0.00281. The van der Waals surface area contributed by atoms with Gasteiger partial charge in [0.1, 0.15) is 12.4 Å². The van der Waals surface area contributed by atoms with Crippen LogP contribution in [-0.2, 0) is 16.9 Å². The number of fused-ring (bicyclic) bond motifs is 2. The number of hydrogen-bond acceptors (Lipinski definition) is 4. The Balaban J connectivity index is 1.41. The molecule has 170 valence electrons. The summed E-state index contributed by atoms with van der Waals surface area (Å²) < 4.78 is 5.97. The number of benzene rings is 2. The highest BCUT2D eigenvalue weighted by Crippen LogP contribution is 2.60. The normalized spacial score (nSPS) is 23.5. The fraction of sp³-hybridized carbons (Fsp3) is 0.357. The lowest BCUT2D eigenvalue weighted by atomic mass is 9.64. The lowest BCUT2D eigenvalue weighted by molar-refractivity contribution is -0.0757. The molecule has 5 rings (SSSR count). The summed E-state index contributed by atoms with van der Waals surface area (Å²) in [5, 5.41) is 1.26. The third-order valence-corrected chi connectivity index (χ3v) is 7.54. The van der Waals surface area contributed by atoms with Crippen molar-refractivity contribution >= 4 is 5.91 Å². The van der Waals surface area contributed by atoms with Gasteiger partial charge in [0, 0.05) is 24.2 Å². The lowest BCUT2D eigenvalue weighted by Crippen LogP contribution is -2.34. The van der Waals surface area contributed by atoms with Crippen molar-refractivity contribution in [3.8, 4) is 5.75 Å². The molecule has 0 N–H and O–H groups in total. The standard InChI is InChI=1S/C28H30N2O3/c1-30(32-2)27(31)21-7-10-22(11-8-21)28(18-20-6-9-24(28)17-20)23-12-14-26(15-13-23)33-19-25-5-3-4-16-29-25/h3-5,7-8,10-16,20,24H,6,9,17-19H2,1-2H3. The Morgan fingerprint density at radius 2 is 1.76 bits per heavy atom. The summed E-state index contributed by atoms with van der Waals surface area (Å²) in [5.41, 5.74) is 4.19. The van der Waals surface area contributed by atoms with Crippen molar-refractivity contribution in [2.45, 2.75) is 37.7 Å². The first kappa shape index (κ1) is 21.7. The summed E-state index contributed by atoms with van der Waals surface area (Å²) in [6.45, 7) is 0.460. The summed E-state index contributed by atoms with van der Waals surface area (Å²) in [6, 6.07) is 22.6. The van der Waals surface area contributed by atoms with Crippen LogP contribution in [-0.4, -0.2) is 30.1 Å². The lowest BCUT2D eigenvalue weighted by Gasteiger charge is -2.39. The Bertz CT molecular complexity index is 1100. The van der Waals surface area contributed by atoms with Crippen LogP contribution < -0.4 is 4.74 Å². The van der Waals surface area contributed by atoms with Gasteiger partial charge in [0.25, 0.3) is 5.91 Å². The molecule has 3 unspecified atom stereocenters. The molecule has 2 aliphatic carbocycles. The van der Waals surface area contributed by atoms with Crippen LogP contribution >= 0.6 is 0 Å². The van der Waals surface area contributed by atoms with Gasteiger partial charge in [-0.1, -0.05) is 36.8 Å². The second kappa shape index (κ2) is 8.99. The molecule has 5 heteroatoms. The van der Waals surface area contributed by atoms with Crippen molar-refractivity contribution in [2.24, 2.45) is 11.8 Å². The van der Waals surface area contributed by atoms with E-state index in [0.29, 0.717) is 18.1 Å². The van der Waals surface area contributed by atoms with Crippen LogP contribution in [0.2, 0.25) is 0 Å². The van der Waals surface area contributed by atoms with Gasteiger partial charge in [0.2, 0.25) is 0 Å². The topological polar surface area (TPSA) is 51.7 Å². The van der Waals surface area contributed by atoms with E-state index in [0.717, 1.165) is 23.8 Å². The highest BCUT2D eigenvalue weighted by Gasteiger charge is 2.52. The number of rotatable bonds is 7. The molecule has 3 aromatic rings. The van der Waals surface area contributed by atoms with Crippen LogP contribution in [0.15, 0.2) is 72.9 Å². The smallest absolute Gasteiger partial charge is 0.277 e. The summed E-state index contributed by atoms with van der Waals surface area (Å²) in [4.78, 5) is 21.8. The molecule has 5 nitrogen and oxygen atoms in total. The van der Waals surface area contributed by atoms with Gasteiger partial charge < -0.3 is 4.74 Å². The molecule has 2 bridgehead atoms. The van der Waals surface area contributed by atoms with Crippen molar-refractivity contribution in [1.82, 2.24) is 10.0 Å². The minimum Gasteiger partial charge on any atom is -0.487 e. The Hall–Kier alpha value is -3.18. The molecule has 0 radical (unpaired) electrons. The van der Waals surface area contributed by atoms with Crippen molar-refractivity contribution < 1.29 is 14.4 Å². The molecular weight excluding hydrogens is 412 g/mol. The Labute approximate surface area is 195 Å². The summed E-state index contributed by atoms with van der Waals surface area (Å²) in [6.07, 6.45) is 6.82. The van der Waals surface area contributed by atoms with E-state index in [-0.39, 0.29) is 11.3 Å². The Kier molecular flexibility index (Phi) is 5.90. The Morgan fingerprint density at radius 1 is 1.03 bits per heavy atom. The second-order valence-electron chi connectivity index (χ2n) is 9.25. The highest BCUT2D eigenvalue weighted by atomic mass is 16.7. The van der Waals surface area contributed by atoms with Gasteiger partial charge in [-0.2, -0.15) is 0 Å². The van der Waals surface area contributed by atoms with E-state index in [1.165, 1.54) is 42.6 Å². The molecule has 1 aromatic heterocycles. The number of ether oxygens (including phenoxy) is 1. The van der Waals surface area contributed by atoms with Gasteiger partial charge in [-0.05, 0) is 78.6 Å². The average molecular weight is 443 g/mol. The van der Waals surface area contributed by atoms with Gasteiger partial charge in [0.05, 0.1) is 12.8 Å². The van der Waals surface area contributed by atoms with Gasteiger partial charge in [-0.3, -0.25) is 14.6 Å². The first-order valence-corrected chi connectivity index (χ1v) is 11.7. The minimum atomic E-state index is -0.138. The molecule has 2 aliphatic rings. The zero-order chi connectivity index (χ0) is 22.8. The predicted octanol–water partition coefficient (Wildman–Crippen LogP) is 5.40. The van der Waals surface area contributed by atoms with Gasteiger partial charge in [-0.15, -0.1) is 0 Å². The molecule has 0 spiro atoms. The van der Waals surface area contributed by atoms with E-state index in [9.17, 15) is 4.79 Å². The molecule has 2 fully saturated rings. The van der Waals surface area contributed by atoms with Gasteiger partial charge in [0.15, 0.2) is 0 Å². The van der Waals surface area contributed by atoms with Gasteiger partial charge in [-0.25, -0.2) is 5.06 Å². The number of hydrogen-bond donors (Lipinski definition) is 0. The number of carbonyl (C=O) groups is 1. The molecule has 0 saturated heterocycles. The van der Waals surface area contributed by atoms with Crippen LogP contribution in [0.5, 0.6) is 5.75 Å². The molecule has 2 saturated carbocycles. The first-order valence-electron chi connectivity index (χ1n) is 11.7. The fourth-order valence-corrected chi connectivity index (χ4v) is 5.87. The van der Waals surface area contributed by atoms with Crippen molar-refractivity contribution in [1.29, 1.82) is 0 Å². The van der Waals surface area contributed by atoms with Gasteiger partial charge >= 0.3 is 0 Å². The van der Waals surface area contributed by atoms with E-state index in [2.05, 4.69) is 41.4 Å². The number of nitrogens with zero attached hydrogens (tertiary/aromatic N) is 2. The summed E-state index contributed by atoms with van der Waals surface area (Å²) in [5.74, 6) is 2.12. The molecule has 33 heavy (non-hydrogen) atoms.